The average Bonchev–Trinajstić information content (AvgIpc) is 3.48. The fourth-order valence-corrected chi connectivity index (χ4v) is 3.26. The van der Waals surface area contributed by atoms with E-state index in [0.29, 0.717) is 29.0 Å². The zero-order valence-corrected chi connectivity index (χ0v) is 15.4. The lowest BCUT2D eigenvalue weighted by Gasteiger charge is -2.35. The molecule has 1 aliphatic heterocycles. The van der Waals surface area contributed by atoms with E-state index in [4.69, 9.17) is 10.1 Å². The summed E-state index contributed by atoms with van der Waals surface area (Å²) in [5.74, 6) is 0.508. The molecule has 2 aliphatic rings. The molecule has 142 valence electrons. The molecule has 1 atom stereocenters. The Kier molecular flexibility index (Phi) is 5.79. The predicted molar refractivity (Wildman–Crippen MR) is 102 cm³/mol. The third-order valence-corrected chi connectivity index (χ3v) is 5.24. The second-order valence-electron chi connectivity index (χ2n) is 7.17. The average molecular weight is 363 g/mol. The first kappa shape index (κ1) is 18.7. The Bertz CT molecular complexity index is 684. The predicted octanol–water partition coefficient (Wildman–Crippen LogP) is 3.89. The Morgan fingerprint density at radius 1 is 1.35 bits per heavy atom. The normalized spacial score (nSPS) is 20.1. The first-order chi connectivity index (χ1) is 12.6. The molecule has 0 amide bonds. The van der Waals surface area contributed by atoms with Crippen LogP contribution >= 0.6 is 0 Å². The highest BCUT2D eigenvalue weighted by Gasteiger charge is 2.27. The summed E-state index contributed by atoms with van der Waals surface area (Å²) in [5.41, 5.74) is 3.36. The molecule has 0 saturated heterocycles. The Labute approximate surface area is 153 Å². The zero-order valence-electron chi connectivity index (χ0n) is 15.4. The molecule has 3 rings (SSSR count). The number of alkyl halides is 2. The van der Waals surface area contributed by atoms with Crippen LogP contribution < -0.4 is 15.0 Å². The highest BCUT2D eigenvalue weighted by atomic mass is 19.1. The number of nitrogens with zero attached hydrogens (tertiary/aromatic N) is 1. The summed E-state index contributed by atoms with van der Waals surface area (Å²) in [4.78, 5) is 2.17. The van der Waals surface area contributed by atoms with Crippen molar-refractivity contribution in [2.45, 2.75) is 50.8 Å². The number of halogens is 2. The van der Waals surface area contributed by atoms with Gasteiger partial charge in [-0.2, -0.15) is 0 Å². The van der Waals surface area contributed by atoms with Gasteiger partial charge in [0.15, 0.2) is 6.10 Å². The molecule has 1 aliphatic carbocycles. The van der Waals surface area contributed by atoms with Crippen molar-refractivity contribution in [2.24, 2.45) is 0 Å². The molecule has 1 fully saturated rings. The Hall–Kier alpha value is -2.11. The van der Waals surface area contributed by atoms with Crippen LogP contribution in [0.15, 0.2) is 18.3 Å². The van der Waals surface area contributed by atoms with Crippen LogP contribution in [0.1, 0.15) is 37.3 Å². The maximum Gasteiger partial charge on any atom is 0.155 e. The van der Waals surface area contributed by atoms with Crippen molar-refractivity contribution in [1.82, 2.24) is 5.32 Å². The number of hydrogen-bond acceptors (Lipinski definition) is 4. The lowest BCUT2D eigenvalue weighted by molar-refractivity contribution is 0.132. The maximum absolute atomic E-state index is 13.1. The fraction of sp³-hybridized carbons (Fsp3) is 0.550. The molecule has 1 saturated carbocycles. The zero-order chi connectivity index (χ0) is 18.7. The molecule has 1 heterocycles. The summed E-state index contributed by atoms with van der Waals surface area (Å²) in [5, 5.41) is 11.1. The molecule has 0 aromatic heterocycles. The van der Waals surface area contributed by atoms with Crippen molar-refractivity contribution in [3.8, 4) is 5.75 Å². The third-order valence-electron chi connectivity index (χ3n) is 5.24. The molecular weight excluding hydrogens is 336 g/mol. The molecule has 1 aromatic carbocycles. The van der Waals surface area contributed by atoms with Crippen LogP contribution in [0.3, 0.4) is 0 Å². The minimum Gasteiger partial charge on any atom is -0.484 e. The summed E-state index contributed by atoms with van der Waals surface area (Å²) in [7, 11) is 2.02. The number of fused-ring (bicyclic) bond motifs is 1. The van der Waals surface area contributed by atoms with Crippen LogP contribution in [0.5, 0.6) is 5.75 Å². The van der Waals surface area contributed by atoms with Crippen LogP contribution in [0.2, 0.25) is 0 Å². The van der Waals surface area contributed by atoms with E-state index < -0.39 is 19.5 Å². The van der Waals surface area contributed by atoms with E-state index in [-0.39, 0.29) is 0 Å². The summed E-state index contributed by atoms with van der Waals surface area (Å²) in [6, 6.07) is 4.76. The van der Waals surface area contributed by atoms with Crippen molar-refractivity contribution >= 4 is 17.5 Å². The Balaban J connectivity index is 2.04. The highest BCUT2D eigenvalue weighted by molar-refractivity contribution is 6.09. The fourth-order valence-electron chi connectivity index (χ4n) is 3.26. The number of hydrogen-bond donors (Lipinski definition) is 2. The van der Waals surface area contributed by atoms with E-state index >= 15 is 0 Å². The van der Waals surface area contributed by atoms with E-state index in [1.807, 2.05) is 25.4 Å². The minimum atomic E-state index is -1.12. The summed E-state index contributed by atoms with van der Waals surface area (Å²) < 4.78 is 32.1. The van der Waals surface area contributed by atoms with Gasteiger partial charge < -0.3 is 20.4 Å². The van der Waals surface area contributed by atoms with Gasteiger partial charge >= 0.3 is 0 Å². The second kappa shape index (κ2) is 8.06. The molecule has 26 heavy (non-hydrogen) atoms. The SMILES string of the molecule is CC1CCc2c(ccc(/C(C=N)=C/NC3CC3)c2OC(CF)CF)N1C. The van der Waals surface area contributed by atoms with Crippen molar-refractivity contribution in [3.05, 3.63) is 29.5 Å². The number of rotatable bonds is 8. The molecule has 6 heteroatoms. The minimum absolute atomic E-state index is 0.397. The first-order valence-electron chi connectivity index (χ1n) is 9.23. The van der Waals surface area contributed by atoms with Gasteiger partial charge in [0, 0.05) is 53.9 Å². The van der Waals surface area contributed by atoms with Gasteiger partial charge in [0.05, 0.1) is 0 Å². The van der Waals surface area contributed by atoms with Crippen molar-refractivity contribution in [3.63, 3.8) is 0 Å². The number of benzene rings is 1. The molecule has 2 N–H and O–H groups in total. The number of ether oxygens (including phenoxy) is 1. The smallest absolute Gasteiger partial charge is 0.155 e. The van der Waals surface area contributed by atoms with Gasteiger partial charge in [-0.3, -0.25) is 0 Å². The van der Waals surface area contributed by atoms with Crippen LogP contribution in [-0.4, -0.2) is 44.8 Å². The summed E-state index contributed by atoms with van der Waals surface area (Å²) in [6.07, 6.45) is 5.95. The van der Waals surface area contributed by atoms with Gasteiger partial charge in [-0.25, -0.2) is 8.78 Å². The monoisotopic (exact) mass is 363 g/mol. The van der Waals surface area contributed by atoms with E-state index in [1.54, 1.807) is 0 Å². The standard InChI is InChI=1S/C20H27F2N3O/c1-13-3-6-18-19(25(13)2)8-7-17(20(18)26-16(9-21)10-22)14(11-23)12-24-15-4-5-15/h7-8,11-13,15-16,23-24H,3-6,9-10H2,1-2H3/b14-12+,23-11?. The molecule has 4 nitrogen and oxygen atoms in total. The maximum atomic E-state index is 13.1. The highest BCUT2D eigenvalue weighted by Crippen LogP contribution is 2.41. The van der Waals surface area contributed by atoms with Crippen molar-refractivity contribution < 1.29 is 13.5 Å². The van der Waals surface area contributed by atoms with Gasteiger partial charge in [-0.05, 0) is 44.7 Å². The van der Waals surface area contributed by atoms with Gasteiger partial charge in [0.1, 0.15) is 19.1 Å². The van der Waals surface area contributed by atoms with Gasteiger partial charge in [-0.1, -0.05) is 0 Å². The molecule has 0 spiro atoms. The topological polar surface area (TPSA) is 48.4 Å². The Morgan fingerprint density at radius 2 is 2.08 bits per heavy atom. The van der Waals surface area contributed by atoms with Gasteiger partial charge in [-0.15, -0.1) is 0 Å². The van der Waals surface area contributed by atoms with Crippen molar-refractivity contribution in [2.75, 3.05) is 25.3 Å². The first-order valence-corrected chi connectivity index (χ1v) is 9.23. The molecule has 0 bridgehead atoms. The quantitative estimate of drug-likeness (QED) is 0.689. The summed E-state index contributed by atoms with van der Waals surface area (Å²) >= 11 is 0. The van der Waals surface area contributed by atoms with Gasteiger partial charge in [0.2, 0.25) is 0 Å². The van der Waals surface area contributed by atoms with Crippen LogP contribution in [0.25, 0.3) is 5.57 Å². The van der Waals surface area contributed by atoms with Gasteiger partial charge in [0.25, 0.3) is 0 Å². The number of anilines is 1. The van der Waals surface area contributed by atoms with E-state index in [9.17, 15) is 8.78 Å². The lowest BCUT2D eigenvalue weighted by atomic mass is 9.92. The third kappa shape index (κ3) is 3.84. The number of nitrogens with one attached hydrogen (secondary N) is 2. The van der Waals surface area contributed by atoms with Crippen LogP contribution in [0, 0.1) is 5.41 Å². The molecular formula is C20H27F2N3O. The van der Waals surface area contributed by atoms with Crippen LogP contribution in [-0.2, 0) is 6.42 Å². The molecule has 1 unspecified atom stereocenters. The Morgan fingerprint density at radius 3 is 2.69 bits per heavy atom. The van der Waals surface area contributed by atoms with E-state index in [0.717, 1.165) is 36.9 Å². The largest absolute Gasteiger partial charge is 0.484 e. The lowest BCUT2D eigenvalue weighted by Crippen LogP contribution is -2.34. The van der Waals surface area contributed by atoms with E-state index in [1.165, 1.54) is 6.21 Å². The molecule has 0 radical (unpaired) electrons. The summed E-state index contributed by atoms with van der Waals surface area (Å²) in [6.45, 7) is 0.400. The van der Waals surface area contributed by atoms with Crippen molar-refractivity contribution in [1.29, 1.82) is 5.41 Å². The van der Waals surface area contributed by atoms with Crippen LogP contribution in [0.4, 0.5) is 14.5 Å². The second-order valence-corrected chi connectivity index (χ2v) is 7.17. The van der Waals surface area contributed by atoms with E-state index in [2.05, 4.69) is 17.1 Å². The number of allylic oxidation sites excluding steroid dienone is 1. The molecule has 1 aromatic rings.